The lowest BCUT2D eigenvalue weighted by Gasteiger charge is -2.20. The van der Waals surface area contributed by atoms with Crippen molar-refractivity contribution in [2.75, 3.05) is 33.8 Å². The zero-order valence-electron chi connectivity index (χ0n) is 19.2. The fraction of sp³-hybridized carbons (Fsp3) is 0.400. The first-order valence-electron chi connectivity index (χ1n) is 11.0. The molecule has 0 saturated heterocycles. The molecule has 0 spiro atoms. The molecule has 1 aliphatic rings. The average molecular weight is 454 g/mol. The molecule has 0 fully saturated rings. The zero-order chi connectivity index (χ0) is 24.0. The van der Waals surface area contributed by atoms with Crippen molar-refractivity contribution in [3.8, 4) is 11.1 Å². The summed E-state index contributed by atoms with van der Waals surface area (Å²) in [5, 5.41) is 14.5. The van der Waals surface area contributed by atoms with Crippen LogP contribution >= 0.6 is 0 Å². The lowest BCUT2D eigenvalue weighted by Crippen LogP contribution is -2.47. The first kappa shape index (κ1) is 24.3. The molecule has 0 aromatic heterocycles. The second kappa shape index (κ2) is 11.0. The van der Waals surface area contributed by atoms with E-state index in [1.165, 1.54) is 0 Å². The number of hydrogen-bond donors (Lipinski definition) is 3. The van der Waals surface area contributed by atoms with Crippen LogP contribution in [0.3, 0.4) is 0 Å². The SMILES string of the molecule is CC(CNC(=O)OCC1c2ccccc2-c2ccccc21)CC(=O)N[C@@H](CN(C)C)C(=O)O. The fourth-order valence-corrected chi connectivity index (χ4v) is 4.10. The Morgan fingerprint density at radius 3 is 2.15 bits per heavy atom. The van der Waals surface area contributed by atoms with E-state index in [4.69, 9.17) is 4.74 Å². The molecule has 8 heteroatoms. The van der Waals surface area contributed by atoms with E-state index in [0.717, 1.165) is 22.3 Å². The number of carboxylic acids is 1. The maximum atomic E-state index is 12.3. The van der Waals surface area contributed by atoms with E-state index < -0.39 is 18.1 Å². The number of amides is 2. The van der Waals surface area contributed by atoms with Crippen LogP contribution in [0.5, 0.6) is 0 Å². The molecule has 0 aliphatic heterocycles. The number of alkyl carbamates (subject to hydrolysis) is 1. The molecule has 0 heterocycles. The second-order valence-corrected chi connectivity index (χ2v) is 8.74. The van der Waals surface area contributed by atoms with E-state index in [2.05, 4.69) is 34.9 Å². The molecule has 1 aliphatic carbocycles. The van der Waals surface area contributed by atoms with Crippen LogP contribution in [-0.2, 0) is 14.3 Å². The molecule has 0 saturated carbocycles. The Morgan fingerprint density at radius 1 is 1.03 bits per heavy atom. The van der Waals surface area contributed by atoms with E-state index in [1.807, 2.05) is 31.2 Å². The highest BCUT2D eigenvalue weighted by atomic mass is 16.5. The molecule has 1 unspecified atom stereocenters. The highest BCUT2D eigenvalue weighted by molar-refractivity contribution is 5.84. The number of benzene rings is 2. The summed E-state index contributed by atoms with van der Waals surface area (Å²) in [4.78, 5) is 37.5. The van der Waals surface area contributed by atoms with Crippen LogP contribution in [0.15, 0.2) is 48.5 Å². The first-order chi connectivity index (χ1) is 15.8. The van der Waals surface area contributed by atoms with Crippen molar-refractivity contribution in [3.05, 3.63) is 59.7 Å². The largest absolute Gasteiger partial charge is 0.480 e. The average Bonchev–Trinajstić information content (AvgIpc) is 3.09. The monoisotopic (exact) mass is 453 g/mol. The van der Waals surface area contributed by atoms with Crippen LogP contribution in [0.1, 0.15) is 30.4 Å². The number of nitrogens with one attached hydrogen (secondary N) is 2. The van der Waals surface area contributed by atoms with Gasteiger partial charge in [-0.15, -0.1) is 0 Å². The zero-order valence-corrected chi connectivity index (χ0v) is 19.2. The molecular formula is C25H31N3O5. The minimum atomic E-state index is -1.08. The Labute approximate surface area is 193 Å². The maximum Gasteiger partial charge on any atom is 0.407 e. The number of rotatable bonds is 10. The van der Waals surface area contributed by atoms with E-state index in [9.17, 15) is 19.5 Å². The third-order valence-corrected chi connectivity index (χ3v) is 5.65. The van der Waals surface area contributed by atoms with Gasteiger partial charge in [-0.25, -0.2) is 9.59 Å². The summed E-state index contributed by atoms with van der Waals surface area (Å²) in [5.74, 6) is -1.65. The molecule has 33 heavy (non-hydrogen) atoms. The molecule has 2 aromatic carbocycles. The van der Waals surface area contributed by atoms with E-state index in [-0.39, 0.29) is 43.9 Å². The van der Waals surface area contributed by atoms with Crippen LogP contribution in [-0.4, -0.2) is 67.8 Å². The van der Waals surface area contributed by atoms with Crippen molar-refractivity contribution in [1.82, 2.24) is 15.5 Å². The third kappa shape index (κ3) is 6.32. The third-order valence-electron chi connectivity index (χ3n) is 5.65. The van der Waals surface area contributed by atoms with E-state index in [1.54, 1.807) is 19.0 Å². The van der Waals surface area contributed by atoms with Gasteiger partial charge in [0.15, 0.2) is 0 Å². The standard InChI is InChI=1S/C25H31N3O5/c1-16(12-23(29)27-22(24(30)31)14-28(2)3)13-26-25(32)33-15-21-19-10-6-4-8-17(19)18-9-5-7-11-20(18)21/h4-11,16,21-22H,12-15H2,1-3H3,(H,26,32)(H,27,29)(H,30,31)/t16?,22-/m0/s1. The molecule has 2 amide bonds. The van der Waals surface area contributed by atoms with Gasteiger partial charge in [0.1, 0.15) is 12.6 Å². The summed E-state index contributed by atoms with van der Waals surface area (Å²) in [6.45, 7) is 2.48. The molecule has 2 aromatic rings. The maximum absolute atomic E-state index is 12.3. The summed E-state index contributed by atoms with van der Waals surface area (Å²) in [7, 11) is 3.48. The Hall–Kier alpha value is -3.39. The Kier molecular flexibility index (Phi) is 8.06. The Morgan fingerprint density at radius 2 is 1.61 bits per heavy atom. The predicted molar refractivity (Wildman–Crippen MR) is 125 cm³/mol. The number of carbonyl (C=O) groups excluding carboxylic acids is 2. The van der Waals surface area contributed by atoms with Gasteiger partial charge < -0.3 is 25.4 Å². The summed E-state index contributed by atoms with van der Waals surface area (Å²) >= 11 is 0. The molecule has 2 atom stereocenters. The summed E-state index contributed by atoms with van der Waals surface area (Å²) in [6, 6.07) is 15.3. The number of ether oxygens (including phenoxy) is 1. The van der Waals surface area contributed by atoms with Gasteiger partial charge in [0.25, 0.3) is 0 Å². The molecule has 0 bridgehead atoms. The smallest absolute Gasteiger partial charge is 0.407 e. The van der Waals surface area contributed by atoms with Crippen molar-refractivity contribution in [3.63, 3.8) is 0 Å². The van der Waals surface area contributed by atoms with Crippen LogP contribution < -0.4 is 10.6 Å². The normalized spacial score (nSPS) is 14.2. The Balaban J connectivity index is 1.46. The number of hydrogen-bond acceptors (Lipinski definition) is 5. The van der Waals surface area contributed by atoms with Crippen LogP contribution in [0.4, 0.5) is 4.79 Å². The number of fused-ring (bicyclic) bond motifs is 3. The van der Waals surface area contributed by atoms with Gasteiger partial charge in [0.2, 0.25) is 5.91 Å². The van der Waals surface area contributed by atoms with Crippen LogP contribution in [0.25, 0.3) is 11.1 Å². The van der Waals surface area contributed by atoms with E-state index >= 15 is 0 Å². The van der Waals surface area contributed by atoms with Crippen LogP contribution in [0.2, 0.25) is 0 Å². The molecule has 3 rings (SSSR count). The predicted octanol–water partition coefficient (Wildman–Crippen LogP) is 2.68. The molecular weight excluding hydrogens is 422 g/mol. The highest BCUT2D eigenvalue weighted by Crippen LogP contribution is 2.44. The number of likely N-dealkylation sites (N-methyl/N-ethyl adjacent to an activating group) is 1. The molecule has 3 N–H and O–H groups in total. The first-order valence-corrected chi connectivity index (χ1v) is 11.0. The lowest BCUT2D eigenvalue weighted by molar-refractivity contribution is -0.142. The summed E-state index contributed by atoms with van der Waals surface area (Å²) < 4.78 is 5.50. The minimum absolute atomic E-state index is 0.0176. The highest BCUT2D eigenvalue weighted by Gasteiger charge is 2.29. The van der Waals surface area contributed by atoms with Crippen LogP contribution in [0, 0.1) is 5.92 Å². The van der Waals surface area contributed by atoms with Crippen molar-refractivity contribution < 1.29 is 24.2 Å². The summed E-state index contributed by atoms with van der Waals surface area (Å²) in [5.41, 5.74) is 4.61. The molecule has 176 valence electrons. The van der Waals surface area contributed by atoms with Crippen molar-refractivity contribution >= 4 is 18.0 Å². The van der Waals surface area contributed by atoms with Gasteiger partial charge in [-0.3, -0.25) is 4.79 Å². The van der Waals surface area contributed by atoms with Crippen molar-refractivity contribution in [2.45, 2.75) is 25.3 Å². The molecule has 8 nitrogen and oxygen atoms in total. The van der Waals surface area contributed by atoms with E-state index in [0.29, 0.717) is 0 Å². The van der Waals surface area contributed by atoms with Gasteiger partial charge >= 0.3 is 12.1 Å². The number of carbonyl (C=O) groups is 3. The topological polar surface area (TPSA) is 108 Å². The van der Waals surface area contributed by atoms with Gasteiger partial charge in [0, 0.05) is 25.4 Å². The minimum Gasteiger partial charge on any atom is -0.480 e. The second-order valence-electron chi connectivity index (χ2n) is 8.74. The van der Waals surface area contributed by atoms with Crippen molar-refractivity contribution in [2.24, 2.45) is 5.92 Å². The number of aliphatic carboxylic acids is 1. The summed E-state index contributed by atoms with van der Waals surface area (Å²) in [6.07, 6.45) is -0.443. The van der Waals surface area contributed by atoms with Gasteiger partial charge in [-0.05, 0) is 42.3 Å². The van der Waals surface area contributed by atoms with Crippen molar-refractivity contribution in [1.29, 1.82) is 0 Å². The lowest BCUT2D eigenvalue weighted by atomic mass is 9.98. The van der Waals surface area contributed by atoms with Gasteiger partial charge in [-0.2, -0.15) is 0 Å². The fourth-order valence-electron chi connectivity index (χ4n) is 4.10. The van der Waals surface area contributed by atoms with Gasteiger partial charge in [-0.1, -0.05) is 55.5 Å². The quantitative estimate of drug-likeness (QED) is 0.511. The molecule has 0 radical (unpaired) electrons. The number of nitrogens with zero attached hydrogens (tertiary/aromatic N) is 1. The van der Waals surface area contributed by atoms with Gasteiger partial charge in [0.05, 0.1) is 0 Å². The number of carboxylic acid groups (broad SMARTS) is 1. The Bertz CT molecular complexity index is 962.